The highest BCUT2D eigenvalue weighted by Gasteiger charge is 2.11. The maximum atomic E-state index is 12.7. The average Bonchev–Trinajstić information content (AvgIpc) is 2.82. The van der Waals surface area contributed by atoms with Crippen LogP contribution in [0.2, 0.25) is 0 Å². The van der Waals surface area contributed by atoms with E-state index < -0.39 is 5.91 Å². The van der Waals surface area contributed by atoms with Crippen molar-refractivity contribution >= 4 is 23.4 Å². The molecular weight excluding hydrogens is 426 g/mol. The summed E-state index contributed by atoms with van der Waals surface area (Å²) in [5.41, 5.74) is 0.381. The Labute approximate surface area is 188 Å². The van der Waals surface area contributed by atoms with Crippen LogP contribution in [-0.2, 0) is 6.54 Å². The first-order chi connectivity index (χ1) is 15.7. The Morgan fingerprint density at radius 3 is 2.56 bits per heavy atom. The number of nitrogens with one attached hydrogen (secondary N) is 1. The molecular formula is C23H19N5O3S. The van der Waals surface area contributed by atoms with E-state index in [1.54, 1.807) is 24.5 Å². The topological polar surface area (TPSA) is 99.0 Å². The lowest BCUT2D eigenvalue weighted by atomic mass is 10.3. The van der Waals surface area contributed by atoms with Gasteiger partial charge in [0, 0.05) is 24.1 Å². The number of nitrogens with zero attached hydrogens (tertiary/aromatic N) is 4. The quantitative estimate of drug-likeness (QED) is 0.443. The van der Waals surface area contributed by atoms with Gasteiger partial charge in [0.05, 0.1) is 6.54 Å². The zero-order chi connectivity index (χ0) is 22.2. The molecule has 0 aliphatic heterocycles. The van der Waals surface area contributed by atoms with Gasteiger partial charge >= 0.3 is 0 Å². The Bertz CT molecular complexity index is 1250. The average molecular weight is 446 g/mol. The van der Waals surface area contributed by atoms with Crippen molar-refractivity contribution in [3.63, 3.8) is 0 Å². The van der Waals surface area contributed by atoms with Crippen LogP contribution in [0.15, 0.2) is 100 Å². The van der Waals surface area contributed by atoms with Crippen molar-refractivity contribution in [1.29, 1.82) is 0 Å². The Hall–Kier alpha value is -3.98. The van der Waals surface area contributed by atoms with Gasteiger partial charge in [-0.25, -0.2) is 14.6 Å². The highest BCUT2D eigenvalue weighted by atomic mass is 32.2. The number of rotatable bonds is 8. The van der Waals surface area contributed by atoms with E-state index in [2.05, 4.69) is 20.4 Å². The zero-order valence-corrected chi connectivity index (χ0v) is 17.7. The summed E-state index contributed by atoms with van der Waals surface area (Å²) in [6.45, 7) is 0.468. The second kappa shape index (κ2) is 10.4. The second-order valence-electron chi connectivity index (χ2n) is 6.55. The van der Waals surface area contributed by atoms with Gasteiger partial charge in [-0.3, -0.25) is 9.59 Å². The fourth-order valence-electron chi connectivity index (χ4n) is 2.75. The van der Waals surface area contributed by atoms with E-state index in [-0.39, 0.29) is 24.4 Å². The molecule has 0 radical (unpaired) electrons. The van der Waals surface area contributed by atoms with Crippen LogP contribution < -0.4 is 15.6 Å². The first-order valence-corrected chi connectivity index (χ1v) is 10.6. The molecule has 160 valence electrons. The summed E-state index contributed by atoms with van der Waals surface area (Å²) in [5, 5.41) is 8.46. The van der Waals surface area contributed by atoms with Crippen molar-refractivity contribution < 1.29 is 9.53 Å². The fourth-order valence-corrected chi connectivity index (χ4v) is 3.52. The van der Waals surface area contributed by atoms with Gasteiger partial charge in [-0.15, -0.1) is 0 Å². The van der Waals surface area contributed by atoms with Crippen molar-refractivity contribution in [2.24, 2.45) is 0 Å². The van der Waals surface area contributed by atoms with Crippen molar-refractivity contribution in [3.05, 3.63) is 101 Å². The molecule has 0 saturated heterocycles. The molecule has 1 amide bonds. The van der Waals surface area contributed by atoms with E-state index in [4.69, 9.17) is 4.74 Å². The Morgan fingerprint density at radius 2 is 1.75 bits per heavy atom. The molecule has 4 rings (SSSR count). The van der Waals surface area contributed by atoms with Crippen molar-refractivity contribution in [2.45, 2.75) is 16.6 Å². The predicted molar refractivity (Wildman–Crippen MR) is 121 cm³/mol. The molecule has 0 aliphatic rings. The second-order valence-corrected chi connectivity index (χ2v) is 7.59. The summed E-state index contributed by atoms with van der Waals surface area (Å²) in [7, 11) is 0. The van der Waals surface area contributed by atoms with E-state index in [1.807, 2.05) is 48.5 Å². The summed E-state index contributed by atoms with van der Waals surface area (Å²) in [4.78, 5) is 33.3. The molecule has 0 unspecified atom stereocenters. The van der Waals surface area contributed by atoms with Crippen LogP contribution in [-0.4, -0.2) is 32.3 Å². The number of aromatic nitrogens is 4. The van der Waals surface area contributed by atoms with Gasteiger partial charge in [0.25, 0.3) is 11.5 Å². The first kappa shape index (κ1) is 21.3. The van der Waals surface area contributed by atoms with Gasteiger partial charge in [0.1, 0.15) is 28.1 Å². The van der Waals surface area contributed by atoms with Gasteiger partial charge in [0.2, 0.25) is 0 Å². The van der Waals surface area contributed by atoms with Gasteiger partial charge in [-0.2, -0.15) is 5.10 Å². The van der Waals surface area contributed by atoms with E-state index >= 15 is 0 Å². The number of hydrogen-bond acceptors (Lipinski definition) is 7. The molecule has 0 bridgehead atoms. The lowest BCUT2D eigenvalue weighted by Crippen LogP contribution is -2.28. The van der Waals surface area contributed by atoms with E-state index in [9.17, 15) is 9.59 Å². The van der Waals surface area contributed by atoms with Crippen LogP contribution in [0.3, 0.4) is 0 Å². The molecule has 0 spiro atoms. The molecule has 32 heavy (non-hydrogen) atoms. The van der Waals surface area contributed by atoms with Gasteiger partial charge in [0.15, 0.2) is 0 Å². The normalized spacial score (nSPS) is 10.5. The smallest absolute Gasteiger partial charge is 0.276 e. The summed E-state index contributed by atoms with van der Waals surface area (Å²) >= 11 is 1.39. The molecule has 4 aromatic rings. The number of pyridine rings is 2. The summed E-state index contributed by atoms with van der Waals surface area (Å²) in [6.07, 6.45) is 3.32. The number of para-hydroxylation sites is 1. The molecule has 1 N–H and O–H groups in total. The summed E-state index contributed by atoms with van der Waals surface area (Å²) in [6, 6.07) is 21.1. The monoisotopic (exact) mass is 445 g/mol. The zero-order valence-electron chi connectivity index (χ0n) is 16.9. The van der Waals surface area contributed by atoms with Gasteiger partial charge in [-0.1, -0.05) is 36.0 Å². The largest absolute Gasteiger partial charge is 0.492 e. The predicted octanol–water partition coefficient (Wildman–Crippen LogP) is 3.52. The minimum Gasteiger partial charge on any atom is -0.492 e. The third kappa shape index (κ3) is 5.79. The highest BCUT2D eigenvalue weighted by Crippen LogP contribution is 2.25. The Morgan fingerprint density at radius 1 is 0.938 bits per heavy atom. The van der Waals surface area contributed by atoms with Crippen molar-refractivity contribution in [1.82, 2.24) is 19.7 Å². The fraction of sp³-hybridized carbons (Fsp3) is 0.0870. The van der Waals surface area contributed by atoms with Gasteiger partial charge < -0.3 is 10.1 Å². The minimum absolute atomic E-state index is 0.125. The molecule has 0 aliphatic carbocycles. The standard InChI is InChI=1S/C23H19N5O3S/c29-22-10-9-19(27-28(22)14-15-31-18-6-2-1-3-7-18)23(30)26-17-11-13-25-21(16-17)32-20-8-4-5-12-24-20/h1-13,16H,14-15H2,(H,25,26,30). The lowest BCUT2D eigenvalue weighted by molar-refractivity contribution is 0.101. The summed E-state index contributed by atoms with van der Waals surface area (Å²) in [5.74, 6) is 0.272. The molecule has 0 saturated carbocycles. The lowest BCUT2D eigenvalue weighted by Gasteiger charge is -2.09. The minimum atomic E-state index is -0.428. The van der Waals surface area contributed by atoms with Crippen molar-refractivity contribution in [2.75, 3.05) is 11.9 Å². The number of carbonyl (C=O) groups excluding carboxylic acids is 1. The molecule has 0 fully saturated rings. The molecule has 3 aromatic heterocycles. The van der Waals surface area contributed by atoms with Crippen LogP contribution in [0.4, 0.5) is 5.69 Å². The SMILES string of the molecule is O=C(Nc1ccnc(Sc2ccccn2)c1)c1ccc(=O)n(CCOc2ccccc2)n1. The maximum absolute atomic E-state index is 12.7. The molecule has 8 nitrogen and oxygen atoms in total. The van der Waals surface area contributed by atoms with E-state index in [0.717, 1.165) is 5.03 Å². The van der Waals surface area contributed by atoms with Crippen LogP contribution in [0, 0.1) is 0 Å². The molecule has 0 atom stereocenters. The number of benzene rings is 1. The van der Waals surface area contributed by atoms with E-state index in [0.29, 0.717) is 16.5 Å². The molecule has 3 heterocycles. The number of hydrogen-bond donors (Lipinski definition) is 1. The number of ether oxygens (including phenoxy) is 1. The van der Waals surface area contributed by atoms with Gasteiger partial charge in [-0.05, 0) is 42.5 Å². The Balaban J connectivity index is 1.40. The number of amides is 1. The van der Waals surface area contributed by atoms with Crippen LogP contribution in [0.1, 0.15) is 10.5 Å². The number of carbonyl (C=O) groups is 1. The number of anilines is 1. The highest BCUT2D eigenvalue weighted by molar-refractivity contribution is 7.99. The van der Waals surface area contributed by atoms with Crippen LogP contribution in [0.5, 0.6) is 5.75 Å². The molecule has 1 aromatic carbocycles. The third-order valence-corrected chi connectivity index (χ3v) is 5.14. The first-order valence-electron chi connectivity index (χ1n) is 9.80. The van der Waals surface area contributed by atoms with Crippen molar-refractivity contribution in [3.8, 4) is 5.75 Å². The van der Waals surface area contributed by atoms with Crippen LogP contribution >= 0.6 is 11.8 Å². The Kier molecular flexibility index (Phi) is 6.88. The van der Waals surface area contributed by atoms with E-state index in [1.165, 1.54) is 28.6 Å². The van der Waals surface area contributed by atoms with Crippen LogP contribution in [0.25, 0.3) is 0 Å². The summed E-state index contributed by atoms with van der Waals surface area (Å²) < 4.78 is 6.82. The maximum Gasteiger partial charge on any atom is 0.276 e. The third-order valence-electron chi connectivity index (χ3n) is 4.25. The molecule has 9 heteroatoms.